The topological polar surface area (TPSA) is 98.6 Å². The van der Waals surface area contributed by atoms with Gasteiger partial charge in [-0.2, -0.15) is 20.1 Å². The molecule has 0 aliphatic heterocycles. The Kier molecular flexibility index (Phi) is 6.23. The van der Waals surface area contributed by atoms with E-state index in [1.807, 2.05) is 44.4 Å². The summed E-state index contributed by atoms with van der Waals surface area (Å²) in [6.07, 6.45) is 1.44. The molecule has 0 saturated heterocycles. The van der Waals surface area contributed by atoms with E-state index in [0.29, 0.717) is 29.0 Å². The normalized spacial score (nSPS) is 10.8. The number of aromatic nitrogens is 3. The van der Waals surface area contributed by atoms with Gasteiger partial charge < -0.3 is 15.3 Å². The summed E-state index contributed by atoms with van der Waals surface area (Å²) >= 11 is 5.93. The Morgan fingerprint density at radius 3 is 2.57 bits per heavy atom. The molecule has 0 saturated carbocycles. The summed E-state index contributed by atoms with van der Waals surface area (Å²) < 4.78 is 0. The van der Waals surface area contributed by atoms with Crippen molar-refractivity contribution in [1.82, 2.24) is 15.0 Å². The van der Waals surface area contributed by atoms with E-state index in [4.69, 9.17) is 11.6 Å². The molecule has 0 fully saturated rings. The zero-order valence-electron chi connectivity index (χ0n) is 15.5. The predicted molar refractivity (Wildman–Crippen MR) is 112 cm³/mol. The third-order valence-electron chi connectivity index (χ3n) is 3.67. The van der Waals surface area contributed by atoms with E-state index in [-0.39, 0.29) is 11.7 Å². The fourth-order valence-electron chi connectivity index (χ4n) is 2.26. The molecular weight excluding hydrogens is 378 g/mol. The molecule has 144 valence electrons. The van der Waals surface area contributed by atoms with Crippen LogP contribution >= 0.6 is 11.6 Å². The van der Waals surface area contributed by atoms with Gasteiger partial charge in [-0.15, -0.1) is 0 Å². The van der Waals surface area contributed by atoms with E-state index >= 15 is 0 Å². The molecule has 0 aliphatic carbocycles. The monoisotopic (exact) mass is 397 g/mol. The quantitative estimate of drug-likeness (QED) is 0.415. The lowest BCUT2D eigenvalue weighted by atomic mass is 10.2. The Labute approximate surface area is 167 Å². The molecule has 2 aromatic carbocycles. The van der Waals surface area contributed by atoms with E-state index < -0.39 is 0 Å². The maximum atomic E-state index is 9.84. The molecule has 1 aromatic heterocycles. The van der Waals surface area contributed by atoms with Crippen LogP contribution in [0.2, 0.25) is 5.02 Å². The van der Waals surface area contributed by atoms with Crippen molar-refractivity contribution in [3.63, 3.8) is 0 Å². The highest BCUT2D eigenvalue weighted by Gasteiger charge is 2.08. The van der Waals surface area contributed by atoms with Gasteiger partial charge in [0.15, 0.2) is 0 Å². The number of benzene rings is 2. The summed E-state index contributed by atoms with van der Waals surface area (Å²) in [5.41, 5.74) is 4.35. The van der Waals surface area contributed by atoms with Gasteiger partial charge in [-0.05, 0) is 23.8 Å². The number of halogens is 1. The van der Waals surface area contributed by atoms with Gasteiger partial charge in [-0.25, -0.2) is 5.43 Å². The molecule has 0 aliphatic rings. The van der Waals surface area contributed by atoms with Crippen molar-refractivity contribution in [2.75, 3.05) is 29.7 Å². The van der Waals surface area contributed by atoms with Gasteiger partial charge in [-0.1, -0.05) is 41.9 Å². The second kappa shape index (κ2) is 9.01. The van der Waals surface area contributed by atoms with E-state index in [0.717, 1.165) is 5.56 Å². The molecule has 0 spiro atoms. The van der Waals surface area contributed by atoms with Crippen molar-refractivity contribution in [3.05, 3.63) is 64.7 Å². The molecule has 0 unspecified atom stereocenters. The number of rotatable bonds is 7. The molecule has 0 atom stereocenters. The van der Waals surface area contributed by atoms with Gasteiger partial charge in [0.25, 0.3) is 0 Å². The van der Waals surface area contributed by atoms with Crippen LogP contribution < -0.4 is 15.6 Å². The zero-order valence-corrected chi connectivity index (χ0v) is 16.2. The third kappa shape index (κ3) is 5.31. The smallest absolute Gasteiger partial charge is 0.250 e. The van der Waals surface area contributed by atoms with Gasteiger partial charge in [0, 0.05) is 31.2 Å². The number of phenols is 1. The second-order valence-electron chi connectivity index (χ2n) is 6.09. The lowest BCUT2D eigenvalue weighted by molar-refractivity contribution is 0.474. The van der Waals surface area contributed by atoms with E-state index in [9.17, 15) is 5.11 Å². The van der Waals surface area contributed by atoms with Crippen molar-refractivity contribution in [2.24, 2.45) is 5.10 Å². The van der Waals surface area contributed by atoms with Gasteiger partial charge in [0.2, 0.25) is 17.8 Å². The summed E-state index contributed by atoms with van der Waals surface area (Å²) in [6, 6.07) is 14.7. The average molecular weight is 398 g/mol. The van der Waals surface area contributed by atoms with E-state index in [2.05, 4.69) is 30.8 Å². The molecule has 9 heteroatoms. The SMILES string of the molecule is CN(C)c1nc(NCc2ccccc2)nc(N/N=C\c2cc(Cl)ccc2O)n1. The summed E-state index contributed by atoms with van der Waals surface area (Å²) in [4.78, 5) is 14.8. The molecule has 0 amide bonds. The lowest BCUT2D eigenvalue weighted by Gasteiger charge is -2.13. The molecule has 3 N–H and O–H groups in total. The number of hydrogen-bond donors (Lipinski definition) is 3. The number of phenolic OH excluding ortho intramolecular Hbond substituents is 1. The molecule has 8 nitrogen and oxygen atoms in total. The van der Waals surface area contributed by atoms with Gasteiger partial charge >= 0.3 is 0 Å². The molecule has 3 rings (SSSR count). The molecule has 0 radical (unpaired) electrons. The van der Waals surface area contributed by atoms with Crippen LogP contribution in [-0.2, 0) is 6.54 Å². The van der Waals surface area contributed by atoms with Crippen LogP contribution in [0.3, 0.4) is 0 Å². The van der Waals surface area contributed by atoms with E-state index in [1.54, 1.807) is 17.0 Å². The summed E-state index contributed by atoms with van der Waals surface area (Å²) in [5, 5.41) is 17.6. The largest absolute Gasteiger partial charge is 0.507 e. The predicted octanol–water partition coefficient (Wildman–Crippen LogP) is 3.35. The number of hydrazone groups is 1. The van der Waals surface area contributed by atoms with Crippen LogP contribution in [0.25, 0.3) is 0 Å². The minimum absolute atomic E-state index is 0.0739. The van der Waals surface area contributed by atoms with Crippen LogP contribution in [-0.4, -0.2) is 40.4 Å². The lowest BCUT2D eigenvalue weighted by Crippen LogP contribution is -2.16. The molecule has 28 heavy (non-hydrogen) atoms. The number of hydrogen-bond acceptors (Lipinski definition) is 8. The number of anilines is 3. The second-order valence-corrected chi connectivity index (χ2v) is 6.53. The molecule has 0 bridgehead atoms. The Bertz CT molecular complexity index is 964. The zero-order chi connectivity index (χ0) is 19.9. The van der Waals surface area contributed by atoms with Gasteiger partial charge in [0.1, 0.15) is 5.75 Å². The summed E-state index contributed by atoms with van der Waals surface area (Å²) in [7, 11) is 3.68. The van der Waals surface area contributed by atoms with Gasteiger partial charge in [0.05, 0.1) is 6.21 Å². The van der Waals surface area contributed by atoms with Crippen molar-refractivity contribution >= 4 is 35.7 Å². The van der Waals surface area contributed by atoms with Crippen molar-refractivity contribution in [1.29, 1.82) is 0 Å². The number of aromatic hydroxyl groups is 1. The summed E-state index contributed by atoms with van der Waals surface area (Å²) in [5.74, 6) is 1.25. The van der Waals surface area contributed by atoms with E-state index in [1.165, 1.54) is 12.3 Å². The highest BCUT2D eigenvalue weighted by atomic mass is 35.5. The van der Waals surface area contributed by atoms with Crippen LogP contribution in [0, 0.1) is 0 Å². The fourth-order valence-corrected chi connectivity index (χ4v) is 2.44. The Balaban J connectivity index is 1.75. The minimum Gasteiger partial charge on any atom is -0.507 e. The Hall–Kier alpha value is -3.39. The van der Waals surface area contributed by atoms with Crippen LogP contribution in [0.5, 0.6) is 5.75 Å². The standard InChI is InChI=1S/C19H20ClN7O/c1-27(2)19-24-17(21-11-13-6-4-3-5-7-13)23-18(25-19)26-22-12-14-10-15(20)8-9-16(14)28/h3-10,12,28H,11H2,1-2H3,(H2,21,23,24,25,26)/b22-12-. The Morgan fingerprint density at radius 2 is 1.82 bits per heavy atom. The van der Waals surface area contributed by atoms with Crippen molar-refractivity contribution in [3.8, 4) is 5.75 Å². The first-order chi connectivity index (χ1) is 13.5. The maximum absolute atomic E-state index is 9.84. The van der Waals surface area contributed by atoms with Crippen molar-refractivity contribution < 1.29 is 5.11 Å². The van der Waals surface area contributed by atoms with Crippen LogP contribution in [0.1, 0.15) is 11.1 Å². The first-order valence-corrected chi connectivity index (χ1v) is 8.88. The highest BCUT2D eigenvalue weighted by Crippen LogP contribution is 2.19. The summed E-state index contributed by atoms with van der Waals surface area (Å²) in [6.45, 7) is 0.580. The first kappa shape index (κ1) is 19.4. The van der Waals surface area contributed by atoms with Crippen molar-refractivity contribution in [2.45, 2.75) is 6.54 Å². The maximum Gasteiger partial charge on any atom is 0.250 e. The minimum atomic E-state index is 0.0739. The molecule has 3 aromatic rings. The number of nitrogens with zero attached hydrogens (tertiary/aromatic N) is 5. The molecular formula is C19H20ClN7O. The Morgan fingerprint density at radius 1 is 1.07 bits per heavy atom. The fraction of sp³-hybridized carbons (Fsp3) is 0.158. The first-order valence-electron chi connectivity index (χ1n) is 8.50. The highest BCUT2D eigenvalue weighted by molar-refractivity contribution is 6.30. The van der Waals surface area contributed by atoms with Crippen LogP contribution in [0.15, 0.2) is 53.6 Å². The molecule has 1 heterocycles. The van der Waals surface area contributed by atoms with Gasteiger partial charge in [-0.3, -0.25) is 0 Å². The number of nitrogens with one attached hydrogen (secondary N) is 2. The van der Waals surface area contributed by atoms with Crippen LogP contribution in [0.4, 0.5) is 17.8 Å². The average Bonchev–Trinajstić information content (AvgIpc) is 2.69. The third-order valence-corrected chi connectivity index (χ3v) is 3.91.